The van der Waals surface area contributed by atoms with Crippen molar-refractivity contribution >= 4 is 5.91 Å². The Labute approximate surface area is 171 Å². The van der Waals surface area contributed by atoms with Crippen LogP contribution in [0.1, 0.15) is 74.0 Å². The molecule has 7 heteroatoms. The minimum atomic E-state index is -0.0958. The predicted octanol–water partition coefficient (Wildman–Crippen LogP) is 2.96. The molecule has 7 nitrogen and oxygen atoms in total. The van der Waals surface area contributed by atoms with Gasteiger partial charge in [0, 0.05) is 36.7 Å². The second-order valence-corrected chi connectivity index (χ2v) is 9.37. The topological polar surface area (TPSA) is 81.2 Å². The first kappa shape index (κ1) is 19.9. The number of aryl methyl sites for hydroxylation is 1. The number of piperidine rings is 1. The van der Waals surface area contributed by atoms with E-state index in [1.807, 2.05) is 11.0 Å². The van der Waals surface area contributed by atoms with Crippen LogP contribution in [-0.4, -0.2) is 38.8 Å². The second kappa shape index (κ2) is 7.76. The van der Waals surface area contributed by atoms with E-state index in [2.05, 4.69) is 31.0 Å². The zero-order valence-corrected chi connectivity index (χ0v) is 17.6. The zero-order valence-electron chi connectivity index (χ0n) is 17.6. The Morgan fingerprint density at radius 3 is 2.62 bits per heavy atom. The molecule has 0 N–H and O–H groups in total. The Hall–Kier alpha value is -2.44. The maximum Gasteiger partial charge on any atom is 0.292 e. The van der Waals surface area contributed by atoms with Crippen molar-refractivity contribution in [3.63, 3.8) is 0 Å². The van der Waals surface area contributed by atoms with E-state index in [-0.39, 0.29) is 16.9 Å². The Morgan fingerprint density at radius 1 is 1.17 bits per heavy atom. The van der Waals surface area contributed by atoms with Gasteiger partial charge in [-0.2, -0.15) is 5.10 Å². The van der Waals surface area contributed by atoms with Crippen molar-refractivity contribution in [3.8, 4) is 0 Å². The van der Waals surface area contributed by atoms with E-state index >= 15 is 0 Å². The maximum absolute atomic E-state index is 12.9. The first-order chi connectivity index (χ1) is 13.8. The highest BCUT2D eigenvalue weighted by atomic mass is 16.5. The fourth-order valence-corrected chi connectivity index (χ4v) is 4.25. The summed E-state index contributed by atoms with van der Waals surface area (Å²) in [6.07, 6.45) is 5.71. The van der Waals surface area contributed by atoms with Crippen LogP contribution in [0.4, 0.5) is 0 Å². The summed E-state index contributed by atoms with van der Waals surface area (Å²) in [4.78, 5) is 27.1. The summed E-state index contributed by atoms with van der Waals surface area (Å²) in [5.41, 5.74) is 2.72. The maximum atomic E-state index is 12.9. The monoisotopic (exact) mass is 398 g/mol. The molecule has 1 saturated heterocycles. The highest BCUT2D eigenvalue weighted by Crippen LogP contribution is 2.27. The highest BCUT2D eigenvalue weighted by molar-refractivity contribution is 5.93. The Kier molecular flexibility index (Phi) is 5.32. The van der Waals surface area contributed by atoms with Gasteiger partial charge >= 0.3 is 0 Å². The molecule has 2 aromatic heterocycles. The Balaban J connectivity index is 1.39. The zero-order chi connectivity index (χ0) is 20.6. The molecule has 2 aliphatic rings. The molecule has 1 aliphatic carbocycles. The summed E-state index contributed by atoms with van der Waals surface area (Å²) >= 11 is 0. The van der Waals surface area contributed by atoms with Crippen LogP contribution in [0.25, 0.3) is 0 Å². The van der Waals surface area contributed by atoms with Crippen molar-refractivity contribution in [2.75, 3.05) is 13.1 Å². The van der Waals surface area contributed by atoms with Crippen molar-refractivity contribution in [2.24, 2.45) is 5.92 Å². The number of carbonyl (C=O) groups excluding carboxylic acids is 1. The quantitative estimate of drug-likeness (QED) is 0.794. The number of carbonyl (C=O) groups is 1. The molecule has 1 fully saturated rings. The number of likely N-dealkylation sites (tertiary alicyclic amines) is 1. The van der Waals surface area contributed by atoms with Crippen molar-refractivity contribution in [3.05, 3.63) is 45.2 Å². The largest absolute Gasteiger partial charge is 0.350 e. The van der Waals surface area contributed by atoms with Gasteiger partial charge in [-0.25, -0.2) is 4.68 Å². The molecule has 2 aromatic rings. The number of hydrogen-bond acceptors (Lipinski definition) is 5. The number of rotatable bonds is 3. The molecule has 0 aromatic carbocycles. The standard InChI is InChI=1S/C22H30N4O3/c1-22(2,3)18-8-9-19(27)26(23-18)14-15-10-12-25(13-11-15)21(28)20-16-6-4-5-7-17(16)24-29-20/h8-9,15H,4-7,10-14H2,1-3H3. The number of nitrogens with zero attached hydrogens (tertiary/aromatic N) is 4. The first-order valence-electron chi connectivity index (χ1n) is 10.7. The SMILES string of the molecule is CC(C)(C)c1ccc(=O)n(CC2CCN(C(=O)c3onc4c3CCCC4)CC2)n1. The minimum absolute atomic E-state index is 0.0379. The molecular weight excluding hydrogens is 368 g/mol. The van der Waals surface area contributed by atoms with E-state index < -0.39 is 0 Å². The van der Waals surface area contributed by atoms with Crippen LogP contribution in [-0.2, 0) is 24.8 Å². The lowest BCUT2D eigenvalue weighted by molar-refractivity contribution is 0.0637. The molecule has 0 saturated carbocycles. The van der Waals surface area contributed by atoms with Gasteiger partial charge in [0.05, 0.1) is 11.4 Å². The summed E-state index contributed by atoms with van der Waals surface area (Å²) in [6.45, 7) is 8.23. The summed E-state index contributed by atoms with van der Waals surface area (Å²) in [5.74, 6) is 0.737. The van der Waals surface area contributed by atoms with Crippen LogP contribution in [0.5, 0.6) is 0 Å². The van der Waals surface area contributed by atoms with Crippen molar-refractivity contribution in [1.29, 1.82) is 0 Å². The lowest BCUT2D eigenvalue weighted by Crippen LogP contribution is -2.40. The fourth-order valence-electron chi connectivity index (χ4n) is 4.25. The third-order valence-corrected chi connectivity index (χ3v) is 6.12. The molecule has 156 valence electrons. The van der Waals surface area contributed by atoms with Gasteiger partial charge in [0.25, 0.3) is 11.5 Å². The molecule has 0 radical (unpaired) electrons. The van der Waals surface area contributed by atoms with E-state index in [0.717, 1.165) is 55.5 Å². The third-order valence-electron chi connectivity index (χ3n) is 6.12. The summed E-state index contributed by atoms with van der Waals surface area (Å²) in [5, 5.41) is 8.69. The van der Waals surface area contributed by atoms with Gasteiger partial charge in [0.1, 0.15) is 0 Å². The second-order valence-electron chi connectivity index (χ2n) is 9.37. The van der Waals surface area contributed by atoms with Crippen LogP contribution in [0.2, 0.25) is 0 Å². The molecule has 0 spiro atoms. The van der Waals surface area contributed by atoms with E-state index in [9.17, 15) is 9.59 Å². The van der Waals surface area contributed by atoms with Crippen molar-refractivity contribution < 1.29 is 9.32 Å². The number of aromatic nitrogens is 3. The van der Waals surface area contributed by atoms with Gasteiger partial charge in [-0.3, -0.25) is 9.59 Å². The lowest BCUT2D eigenvalue weighted by Gasteiger charge is -2.31. The molecule has 0 bridgehead atoms. The molecule has 4 rings (SSSR count). The molecule has 0 unspecified atom stereocenters. The lowest BCUT2D eigenvalue weighted by atomic mass is 9.92. The van der Waals surface area contributed by atoms with Crippen LogP contribution >= 0.6 is 0 Å². The van der Waals surface area contributed by atoms with Gasteiger partial charge in [-0.05, 0) is 50.5 Å². The van der Waals surface area contributed by atoms with Gasteiger partial charge in [0.15, 0.2) is 0 Å². The van der Waals surface area contributed by atoms with Crippen LogP contribution in [0.3, 0.4) is 0 Å². The predicted molar refractivity (Wildman–Crippen MR) is 109 cm³/mol. The summed E-state index contributed by atoms with van der Waals surface area (Å²) in [7, 11) is 0. The molecule has 0 atom stereocenters. The number of hydrogen-bond donors (Lipinski definition) is 0. The summed E-state index contributed by atoms with van der Waals surface area (Å²) in [6, 6.07) is 3.43. The minimum Gasteiger partial charge on any atom is -0.350 e. The normalized spacial score (nSPS) is 18.0. The Morgan fingerprint density at radius 2 is 1.90 bits per heavy atom. The first-order valence-corrected chi connectivity index (χ1v) is 10.7. The molecule has 3 heterocycles. The number of amides is 1. The van der Waals surface area contributed by atoms with Gasteiger partial charge in [0.2, 0.25) is 5.76 Å². The van der Waals surface area contributed by atoms with Crippen LogP contribution in [0.15, 0.2) is 21.5 Å². The van der Waals surface area contributed by atoms with Crippen molar-refractivity contribution in [1.82, 2.24) is 19.8 Å². The van der Waals surface area contributed by atoms with Crippen LogP contribution < -0.4 is 5.56 Å². The van der Waals surface area contributed by atoms with E-state index in [1.54, 1.807) is 10.7 Å². The number of fused-ring (bicyclic) bond motifs is 1. The third kappa shape index (κ3) is 4.14. The van der Waals surface area contributed by atoms with Crippen molar-refractivity contribution in [2.45, 2.75) is 71.3 Å². The Bertz CT molecular complexity index is 946. The smallest absolute Gasteiger partial charge is 0.292 e. The van der Waals surface area contributed by atoms with Gasteiger partial charge in [-0.1, -0.05) is 25.9 Å². The molecule has 1 amide bonds. The molecule has 1 aliphatic heterocycles. The van der Waals surface area contributed by atoms with E-state index in [1.165, 1.54) is 0 Å². The fraction of sp³-hybridized carbons (Fsp3) is 0.636. The molecular formula is C22H30N4O3. The summed E-state index contributed by atoms with van der Waals surface area (Å²) < 4.78 is 7.01. The van der Waals surface area contributed by atoms with E-state index in [0.29, 0.717) is 31.3 Å². The van der Waals surface area contributed by atoms with E-state index in [4.69, 9.17) is 4.52 Å². The van der Waals surface area contributed by atoms with Crippen LogP contribution in [0, 0.1) is 5.92 Å². The average Bonchev–Trinajstić information content (AvgIpc) is 3.13. The van der Waals surface area contributed by atoms with Gasteiger partial charge in [-0.15, -0.1) is 0 Å². The molecule has 29 heavy (non-hydrogen) atoms. The average molecular weight is 399 g/mol. The highest BCUT2D eigenvalue weighted by Gasteiger charge is 2.30. The van der Waals surface area contributed by atoms with Gasteiger partial charge < -0.3 is 9.42 Å².